The van der Waals surface area contributed by atoms with Crippen LogP contribution in [0.25, 0.3) is 5.70 Å². The number of amides is 2. The van der Waals surface area contributed by atoms with Gasteiger partial charge in [-0.05, 0) is 74.2 Å². The first-order chi connectivity index (χ1) is 19.4. The van der Waals surface area contributed by atoms with Crippen molar-refractivity contribution in [3.63, 3.8) is 0 Å². The zero-order valence-electron chi connectivity index (χ0n) is 22.6. The summed E-state index contributed by atoms with van der Waals surface area (Å²) in [5.41, 5.74) is 17.5. The number of alkyl halides is 3. The van der Waals surface area contributed by atoms with Gasteiger partial charge in [0, 0.05) is 42.2 Å². The third-order valence-corrected chi connectivity index (χ3v) is 6.67. The fraction of sp³-hybridized carbons (Fsp3) is 0.357. The van der Waals surface area contributed by atoms with Gasteiger partial charge in [0.25, 0.3) is 0 Å². The van der Waals surface area contributed by atoms with Gasteiger partial charge < -0.3 is 33.2 Å². The topological polar surface area (TPSA) is 147 Å². The van der Waals surface area contributed by atoms with Gasteiger partial charge in [-0.2, -0.15) is 13.2 Å². The summed E-state index contributed by atoms with van der Waals surface area (Å²) in [4.78, 5) is 18.2. The fourth-order valence-electron chi connectivity index (χ4n) is 4.55. The number of rotatable bonds is 11. The number of hydrogen-bond donors (Lipinski definition) is 6. The lowest BCUT2D eigenvalue weighted by molar-refractivity contribution is -0.140. The Balaban J connectivity index is 1.51. The fourth-order valence-corrected chi connectivity index (χ4v) is 4.55. The van der Waals surface area contributed by atoms with Crippen LogP contribution >= 0.6 is 0 Å². The van der Waals surface area contributed by atoms with E-state index in [0.717, 1.165) is 24.6 Å². The SMILES string of the molecule is C[C@H](N)CCc1cc(C2=CC3=CN(c4ccc(CNCCCN=C(N)N)cc4)C(=O)NC3N2)c(F)c(C(F)(F)F)c1. The van der Waals surface area contributed by atoms with Crippen LogP contribution in [0.15, 0.2) is 59.2 Å². The zero-order chi connectivity index (χ0) is 29.7. The molecule has 2 heterocycles. The van der Waals surface area contributed by atoms with E-state index >= 15 is 4.39 Å². The van der Waals surface area contributed by atoms with Crippen molar-refractivity contribution in [2.45, 2.75) is 51.1 Å². The van der Waals surface area contributed by atoms with Gasteiger partial charge in [-0.25, -0.2) is 9.18 Å². The average Bonchev–Trinajstić information content (AvgIpc) is 3.31. The number of carbonyl (C=O) groups excluding carboxylic acids is 1. The highest BCUT2D eigenvalue weighted by atomic mass is 19.4. The third kappa shape index (κ3) is 7.55. The first kappa shape index (κ1) is 29.9. The molecule has 2 aliphatic rings. The Bertz CT molecular complexity index is 1350. The van der Waals surface area contributed by atoms with Crippen LogP contribution in [0.2, 0.25) is 0 Å². The first-order valence-corrected chi connectivity index (χ1v) is 13.2. The van der Waals surface area contributed by atoms with E-state index in [4.69, 9.17) is 17.2 Å². The predicted molar refractivity (Wildman–Crippen MR) is 151 cm³/mol. The van der Waals surface area contributed by atoms with E-state index < -0.39 is 29.8 Å². The molecular weight excluding hydrogens is 540 g/mol. The number of nitrogens with zero attached hydrogens (tertiary/aromatic N) is 2. The van der Waals surface area contributed by atoms with E-state index in [0.29, 0.717) is 36.3 Å². The third-order valence-electron chi connectivity index (χ3n) is 6.67. The molecule has 0 aliphatic carbocycles. The smallest absolute Gasteiger partial charge is 0.370 e. The molecule has 220 valence electrons. The number of hydrogen-bond acceptors (Lipinski definition) is 5. The Morgan fingerprint density at radius 3 is 2.54 bits per heavy atom. The molecule has 0 aromatic heterocycles. The summed E-state index contributed by atoms with van der Waals surface area (Å²) in [6, 6.07) is 8.92. The number of benzene rings is 2. The normalized spacial score (nSPS) is 17.3. The standard InChI is InChI=1S/C28H34F4N8O/c1-16(33)3-4-18-11-21(24(29)22(12-18)28(30,31)32)23-13-19-15-40(27(41)39-25(19)38-23)20-7-5-17(6-8-20)14-36-9-2-10-37-26(34)35/h5-8,11-13,15-16,25,36,38H,2-4,9-10,14,33H2,1H3,(H,39,41)(H4,34,35,37)/t16-,25?/m0/s1. The molecule has 0 spiro atoms. The minimum atomic E-state index is -4.87. The maximum atomic E-state index is 15.2. The molecule has 9 N–H and O–H groups in total. The maximum Gasteiger partial charge on any atom is 0.419 e. The van der Waals surface area contributed by atoms with Crippen molar-refractivity contribution in [3.8, 4) is 0 Å². The van der Waals surface area contributed by atoms with E-state index in [1.165, 1.54) is 11.0 Å². The van der Waals surface area contributed by atoms with Gasteiger partial charge in [0.1, 0.15) is 12.0 Å². The van der Waals surface area contributed by atoms with Gasteiger partial charge in [0.2, 0.25) is 0 Å². The van der Waals surface area contributed by atoms with E-state index in [1.54, 1.807) is 31.3 Å². The summed E-state index contributed by atoms with van der Waals surface area (Å²) < 4.78 is 56.1. The number of aliphatic imine (C=N–C) groups is 1. The molecule has 1 unspecified atom stereocenters. The van der Waals surface area contributed by atoms with Crippen LogP contribution in [-0.2, 0) is 19.1 Å². The van der Waals surface area contributed by atoms with Gasteiger partial charge in [-0.15, -0.1) is 0 Å². The second-order valence-corrected chi connectivity index (χ2v) is 10.1. The van der Waals surface area contributed by atoms with Crippen LogP contribution in [0.1, 0.15) is 42.0 Å². The molecule has 2 aliphatic heterocycles. The van der Waals surface area contributed by atoms with Crippen LogP contribution < -0.4 is 38.1 Å². The summed E-state index contributed by atoms with van der Waals surface area (Å²) in [5.74, 6) is -1.31. The zero-order valence-corrected chi connectivity index (χ0v) is 22.6. The number of carbonyl (C=O) groups is 1. The van der Waals surface area contributed by atoms with E-state index in [1.807, 2.05) is 12.1 Å². The molecule has 0 saturated carbocycles. The maximum absolute atomic E-state index is 15.2. The molecule has 0 saturated heterocycles. The highest BCUT2D eigenvalue weighted by Crippen LogP contribution is 2.37. The highest BCUT2D eigenvalue weighted by molar-refractivity contribution is 5.96. The monoisotopic (exact) mass is 574 g/mol. The second-order valence-electron chi connectivity index (χ2n) is 10.1. The average molecular weight is 575 g/mol. The Labute approximate surface area is 235 Å². The first-order valence-electron chi connectivity index (χ1n) is 13.2. The largest absolute Gasteiger partial charge is 0.419 e. The van der Waals surface area contributed by atoms with Crippen LogP contribution in [-0.4, -0.2) is 37.3 Å². The molecule has 0 radical (unpaired) electrons. The summed E-state index contributed by atoms with van der Waals surface area (Å²) in [7, 11) is 0. The van der Waals surface area contributed by atoms with Crippen molar-refractivity contribution in [2.24, 2.45) is 22.2 Å². The number of urea groups is 1. The summed E-state index contributed by atoms with van der Waals surface area (Å²) >= 11 is 0. The number of halogens is 4. The van der Waals surface area contributed by atoms with Crippen molar-refractivity contribution in [1.29, 1.82) is 0 Å². The van der Waals surface area contributed by atoms with Crippen molar-refractivity contribution in [2.75, 3.05) is 18.0 Å². The Morgan fingerprint density at radius 1 is 1.15 bits per heavy atom. The molecule has 9 nitrogen and oxygen atoms in total. The number of aryl methyl sites for hydroxylation is 1. The van der Waals surface area contributed by atoms with Gasteiger partial charge in [0.05, 0.1) is 11.3 Å². The predicted octanol–water partition coefficient (Wildman–Crippen LogP) is 3.26. The lowest BCUT2D eigenvalue weighted by Crippen LogP contribution is -2.51. The van der Waals surface area contributed by atoms with Crippen LogP contribution in [0.4, 0.5) is 28.0 Å². The minimum Gasteiger partial charge on any atom is -0.370 e. The molecule has 0 fully saturated rings. The number of fused-ring (bicyclic) bond motifs is 1. The quantitative estimate of drug-likeness (QED) is 0.105. The Hall–Kier alpha value is -4.10. The molecule has 13 heteroatoms. The van der Waals surface area contributed by atoms with Gasteiger partial charge in [-0.1, -0.05) is 12.1 Å². The number of nitrogens with two attached hydrogens (primary N) is 3. The van der Waals surface area contributed by atoms with Gasteiger partial charge in [-0.3, -0.25) is 9.89 Å². The van der Waals surface area contributed by atoms with Crippen LogP contribution in [0, 0.1) is 5.82 Å². The molecule has 0 bridgehead atoms. The van der Waals surface area contributed by atoms with Crippen molar-refractivity contribution >= 4 is 23.4 Å². The molecule has 2 atom stereocenters. The lowest BCUT2D eigenvalue weighted by atomic mass is 9.98. The van der Waals surface area contributed by atoms with E-state index in [9.17, 15) is 18.0 Å². The van der Waals surface area contributed by atoms with Crippen molar-refractivity contribution < 1.29 is 22.4 Å². The summed E-state index contributed by atoms with van der Waals surface area (Å²) in [6.45, 7) is 3.63. The highest BCUT2D eigenvalue weighted by Gasteiger charge is 2.38. The van der Waals surface area contributed by atoms with Gasteiger partial charge in [0.15, 0.2) is 5.96 Å². The van der Waals surface area contributed by atoms with Gasteiger partial charge >= 0.3 is 12.2 Å². The second kappa shape index (κ2) is 12.6. The summed E-state index contributed by atoms with van der Waals surface area (Å²) in [6.07, 6.45) is -0.953. The minimum absolute atomic E-state index is 0.0636. The van der Waals surface area contributed by atoms with Crippen molar-refractivity contribution in [1.82, 2.24) is 16.0 Å². The molecule has 2 aromatic rings. The Kier molecular flexibility index (Phi) is 9.18. The van der Waals surface area contributed by atoms with Crippen LogP contribution in [0.5, 0.6) is 0 Å². The molecule has 2 amide bonds. The van der Waals surface area contributed by atoms with Crippen LogP contribution in [0.3, 0.4) is 0 Å². The molecular formula is C28H34F4N8O. The van der Waals surface area contributed by atoms with E-state index in [2.05, 4.69) is 20.9 Å². The lowest BCUT2D eigenvalue weighted by Gasteiger charge is -2.29. The molecule has 2 aromatic carbocycles. The number of nitrogens with one attached hydrogen (secondary N) is 3. The van der Waals surface area contributed by atoms with E-state index in [-0.39, 0.29) is 29.7 Å². The number of anilines is 1. The summed E-state index contributed by atoms with van der Waals surface area (Å²) in [5, 5.41) is 9.01. The number of guanidine groups is 1. The Morgan fingerprint density at radius 2 is 1.88 bits per heavy atom. The molecule has 4 rings (SSSR count). The van der Waals surface area contributed by atoms with Crippen molar-refractivity contribution in [3.05, 3.63) is 82.3 Å². The molecule has 41 heavy (non-hydrogen) atoms.